The fourth-order valence-corrected chi connectivity index (χ4v) is 1.40. The second kappa shape index (κ2) is 5.57. The minimum Gasteiger partial charge on any atom is -0.396 e. The zero-order chi connectivity index (χ0) is 12.0. The maximum absolute atomic E-state index is 8.69. The molecule has 82 valence electrons. The van der Waals surface area contributed by atoms with Crippen molar-refractivity contribution in [3.05, 3.63) is 17.8 Å². The molecule has 0 fully saturated rings. The molecule has 0 aliphatic carbocycles. The van der Waals surface area contributed by atoms with Crippen molar-refractivity contribution < 1.29 is 0 Å². The van der Waals surface area contributed by atoms with Crippen LogP contribution in [0.2, 0.25) is 0 Å². The second-order valence-electron chi connectivity index (χ2n) is 3.24. The summed E-state index contributed by atoms with van der Waals surface area (Å²) in [6.45, 7) is 3.29. The van der Waals surface area contributed by atoms with Crippen molar-refractivity contribution in [3.63, 3.8) is 0 Å². The van der Waals surface area contributed by atoms with Gasteiger partial charge >= 0.3 is 0 Å². The number of rotatable bonds is 4. The van der Waals surface area contributed by atoms with Crippen molar-refractivity contribution in [3.8, 4) is 12.1 Å². The number of aromatic nitrogens is 1. The first-order valence-corrected chi connectivity index (χ1v) is 5.00. The summed E-state index contributed by atoms with van der Waals surface area (Å²) in [7, 11) is 0. The highest BCUT2D eigenvalue weighted by molar-refractivity contribution is 5.64. The van der Waals surface area contributed by atoms with E-state index in [0.717, 1.165) is 6.54 Å². The van der Waals surface area contributed by atoms with Gasteiger partial charge in [0.25, 0.3) is 0 Å². The standard InChI is InChI=1S/C11H13N5/c1-2-16(5-3-4-12)11-10(14)6-9(7-13)8-15-11/h6,8H,2-3,5,14H2,1H3. The summed E-state index contributed by atoms with van der Waals surface area (Å²) in [4.78, 5) is 6.06. The molecule has 0 atom stereocenters. The average Bonchev–Trinajstić information content (AvgIpc) is 2.31. The molecule has 5 heteroatoms. The van der Waals surface area contributed by atoms with E-state index in [0.29, 0.717) is 30.0 Å². The van der Waals surface area contributed by atoms with E-state index in [-0.39, 0.29) is 0 Å². The molecule has 2 N–H and O–H groups in total. The molecule has 0 aliphatic heterocycles. The van der Waals surface area contributed by atoms with Crippen LogP contribution < -0.4 is 10.6 Å². The molecule has 0 spiro atoms. The second-order valence-corrected chi connectivity index (χ2v) is 3.24. The summed E-state index contributed by atoms with van der Waals surface area (Å²) >= 11 is 0. The van der Waals surface area contributed by atoms with Crippen LogP contribution in [0.15, 0.2) is 12.3 Å². The Morgan fingerprint density at radius 1 is 1.50 bits per heavy atom. The maximum atomic E-state index is 8.69. The summed E-state index contributed by atoms with van der Waals surface area (Å²) in [5, 5.41) is 17.2. The largest absolute Gasteiger partial charge is 0.396 e. The highest BCUT2D eigenvalue weighted by Crippen LogP contribution is 2.20. The van der Waals surface area contributed by atoms with Crippen LogP contribution in [0.3, 0.4) is 0 Å². The monoisotopic (exact) mass is 215 g/mol. The van der Waals surface area contributed by atoms with Crippen LogP contribution in [0.25, 0.3) is 0 Å². The van der Waals surface area contributed by atoms with E-state index in [2.05, 4.69) is 11.1 Å². The van der Waals surface area contributed by atoms with Crippen molar-refractivity contribution in [2.75, 3.05) is 23.7 Å². The molecule has 1 aromatic heterocycles. The molecule has 1 aromatic rings. The van der Waals surface area contributed by atoms with Crippen molar-refractivity contribution in [2.24, 2.45) is 0 Å². The third-order valence-electron chi connectivity index (χ3n) is 2.20. The summed E-state index contributed by atoms with van der Waals surface area (Å²) in [6.07, 6.45) is 1.91. The smallest absolute Gasteiger partial charge is 0.151 e. The van der Waals surface area contributed by atoms with Crippen LogP contribution in [-0.2, 0) is 0 Å². The van der Waals surface area contributed by atoms with Gasteiger partial charge in [0.05, 0.1) is 23.7 Å². The van der Waals surface area contributed by atoms with E-state index in [1.807, 2.05) is 17.9 Å². The van der Waals surface area contributed by atoms with Crippen molar-refractivity contribution in [1.29, 1.82) is 10.5 Å². The first-order valence-electron chi connectivity index (χ1n) is 5.00. The minimum atomic E-state index is 0.426. The van der Waals surface area contributed by atoms with Crippen molar-refractivity contribution in [1.82, 2.24) is 4.98 Å². The van der Waals surface area contributed by atoms with Crippen molar-refractivity contribution >= 4 is 11.5 Å². The number of nitrogen functional groups attached to an aromatic ring is 1. The van der Waals surface area contributed by atoms with Crippen LogP contribution in [0.4, 0.5) is 11.5 Å². The first kappa shape index (κ1) is 11.8. The van der Waals surface area contributed by atoms with Crippen LogP contribution in [0.1, 0.15) is 18.9 Å². The number of nitrogens with two attached hydrogens (primary N) is 1. The molecular formula is C11H13N5. The molecule has 0 unspecified atom stereocenters. The molecule has 0 saturated carbocycles. The minimum absolute atomic E-state index is 0.426. The zero-order valence-corrected chi connectivity index (χ0v) is 9.14. The number of hydrogen-bond donors (Lipinski definition) is 1. The lowest BCUT2D eigenvalue weighted by Gasteiger charge is -2.21. The Morgan fingerprint density at radius 2 is 2.25 bits per heavy atom. The van der Waals surface area contributed by atoms with Crippen LogP contribution in [0, 0.1) is 22.7 Å². The lowest BCUT2D eigenvalue weighted by molar-refractivity contribution is 0.812. The Kier molecular flexibility index (Phi) is 4.11. The molecular weight excluding hydrogens is 202 g/mol. The lowest BCUT2D eigenvalue weighted by Crippen LogP contribution is -2.25. The van der Waals surface area contributed by atoms with Crippen molar-refractivity contribution in [2.45, 2.75) is 13.3 Å². The van der Waals surface area contributed by atoms with E-state index in [4.69, 9.17) is 16.3 Å². The zero-order valence-electron chi connectivity index (χ0n) is 9.14. The Hall–Kier alpha value is -2.27. The van der Waals surface area contributed by atoms with Gasteiger partial charge in [0, 0.05) is 19.3 Å². The fourth-order valence-electron chi connectivity index (χ4n) is 1.40. The molecule has 5 nitrogen and oxygen atoms in total. The first-order chi connectivity index (χ1) is 7.72. The van der Waals surface area contributed by atoms with Gasteiger partial charge in [0.1, 0.15) is 6.07 Å². The molecule has 0 aliphatic rings. The summed E-state index contributed by atoms with van der Waals surface area (Å²) in [5.41, 5.74) is 6.72. The lowest BCUT2D eigenvalue weighted by atomic mass is 10.2. The van der Waals surface area contributed by atoms with E-state index < -0.39 is 0 Å². The Balaban J connectivity index is 2.94. The maximum Gasteiger partial charge on any atom is 0.151 e. The van der Waals surface area contributed by atoms with E-state index >= 15 is 0 Å². The summed E-state index contributed by atoms with van der Waals surface area (Å²) in [5.74, 6) is 0.636. The molecule has 1 heterocycles. The highest BCUT2D eigenvalue weighted by atomic mass is 15.2. The highest BCUT2D eigenvalue weighted by Gasteiger charge is 2.09. The molecule has 0 saturated heterocycles. The van der Waals surface area contributed by atoms with E-state index in [9.17, 15) is 0 Å². The third kappa shape index (κ3) is 2.61. The number of pyridine rings is 1. The van der Waals surface area contributed by atoms with Gasteiger partial charge in [-0.2, -0.15) is 10.5 Å². The average molecular weight is 215 g/mol. The fraction of sp³-hybridized carbons (Fsp3) is 0.364. The number of hydrogen-bond acceptors (Lipinski definition) is 5. The van der Waals surface area contributed by atoms with Gasteiger partial charge in [-0.1, -0.05) is 0 Å². The molecule has 0 bridgehead atoms. The Bertz CT molecular complexity index is 441. The normalized spacial score (nSPS) is 9.19. The summed E-state index contributed by atoms with van der Waals surface area (Å²) < 4.78 is 0. The van der Waals surface area contributed by atoms with Crippen LogP contribution in [-0.4, -0.2) is 18.1 Å². The quantitative estimate of drug-likeness (QED) is 0.816. The van der Waals surface area contributed by atoms with E-state index in [1.165, 1.54) is 6.20 Å². The number of anilines is 2. The third-order valence-corrected chi connectivity index (χ3v) is 2.20. The predicted molar refractivity (Wildman–Crippen MR) is 61.5 cm³/mol. The molecule has 16 heavy (non-hydrogen) atoms. The van der Waals surface area contributed by atoms with Gasteiger partial charge < -0.3 is 10.6 Å². The number of nitrogens with zero attached hydrogens (tertiary/aromatic N) is 4. The molecule has 0 amide bonds. The molecule has 0 radical (unpaired) electrons. The van der Waals surface area contributed by atoms with Gasteiger partial charge in [0.2, 0.25) is 0 Å². The van der Waals surface area contributed by atoms with Gasteiger partial charge in [-0.15, -0.1) is 0 Å². The van der Waals surface area contributed by atoms with Gasteiger partial charge in [-0.3, -0.25) is 0 Å². The SMILES string of the molecule is CCN(CCC#N)c1ncc(C#N)cc1N. The molecule has 0 aromatic carbocycles. The van der Waals surface area contributed by atoms with Crippen LogP contribution in [0.5, 0.6) is 0 Å². The summed E-state index contributed by atoms with van der Waals surface area (Å²) in [6, 6.07) is 5.66. The Morgan fingerprint density at radius 3 is 2.75 bits per heavy atom. The van der Waals surface area contributed by atoms with E-state index in [1.54, 1.807) is 6.07 Å². The number of nitriles is 2. The van der Waals surface area contributed by atoms with Crippen LogP contribution >= 0.6 is 0 Å². The van der Waals surface area contributed by atoms with Gasteiger partial charge in [0.15, 0.2) is 5.82 Å². The predicted octanol–water partition coefficient (Wildman–Crippen LogP) is 1.28. The van der Waals surface area contributed by atoms with Gasteiger partial charge in [-0.05, 0) is 13.0 Å². The van der Waals surface area contributed by atoms with Gasteiger partial charge in [-0.25, -0.2) is 4.98 Å². The molecule has 1 rings (SSSR count). The Labute approximate surface area is 94.7 Å². The topological polar surface area (TPSA) is 89.7 Å².